The second-order valence-corrected chi connectivity index (χ2v) is 8.13. The van der Waals surface area contributed by atoms with Crippen LogP contribution in [0.15, 0.2) is 30.4 Å². The van der Waals surface area contributed by atoms with Crippen molar-refractivity contribution in [3.63, 3.8) is 0 Å². The molecular weight excluding hydrogens is 384 g/mol. The first-order chi connectivity index (χ1) is 13.9. The summed E-state index contributed by atoms with van der Waals surface area (Å²) in [4.78, 5) is 10.8. The van der Waals surface area contributed by atoms with Crippen LogP contribution in [0.2, 0.25) is 0 Å². The molecule has 6 nitrogen and oxygen atoms in total. The van der Waals surface area contributed by atoms with Crippen LogP contribution in [0.5, 0.6) is 5.75 Å². The number of para-hydroxylation sites is 1. The van der Waals surface area contributed by atoms with Crippen LogP contribution in [-0.2, 0) is 11.2 Å². The van der Waals surface area contributed by atoms with Crippen LogP contribution in [0.3, 0.4) is 0 Å². The van der Waals surface area contributed by atoms with Crippen molar-refractivity contribution in [1.82, 2.24) is 0 Å². The number of carboxylic acid groups (broad SMARTS) is 1. The molecule has 5 N–H and O–H groups in total. The van der Waals surface area contributed by atoms with E-state index in [1.54, 1.807) is 13.0 Å². The zero-order valence-corrected chi connectivity index (χ0v) is 17.5. The van der Waals surface area contributed by atoms with Gasteiger partial charge in [-0.2, -0.15) is 0 Å². The number of aryl methyl sites for hydroxylation is 1. The molecule has 6 atom stereocenters. The van der Waals surface area contributed by atoms with Crippen molar-refractivity contribution in [2.45, 2.75) is 70.2 Å². The lowest BCUT2D eigenvalue weighted by Crippen LogP contribution is -2.19. The third-order valence-corrected chi connectivity index (χ3v) is 6.04. The summed E-state index contributed by atoms with van der Waals surface area (Å²) < 4.78 is 6.21. The van der Waals surface area contributed by atoms with E-state index in [4.69, 9.17) is 9.84 Å². The van der Waals surface area contributed by atoms with Gasteiger partial charge in [0, 0.05) is 36.7 Å². The molecule has 1 aromatic rings. The van der Waals surface area contributed by atoms with Gasteiger partial charge in [-0.3, -0.25) is 4.79 Å². The number of ether oxygens (including phenoxy) is 1. The molecule has 1 aliphatic carbocycles. The topological polar surface area (TPSA) is 118 Å². The van der Waals surface area contributed by atoms with Crippen LogP contribution in [-0.4, -0.2) is 45.1 Å². The minimum Gasteiger partial charge on any atom is -0.489 e. The second kappa shape index (κ2) is 10.6. The lowest BCUT2D eigenvalue weighted by Gasteiger charge is -2.19. The average Bonchev–Trinajstić information content (AvgIpc) is 3.19. The molecular formula is C24H32O6. The van der Waals surface area contributed by atoms with E-state index < -0.39 is 18.2 Å². The molecule has 0 radical (unpaired) electrons. The summed E-state index contributed by atoms with van der Waals surface area (Å²) >= 11 is 0. The molecule has 3 rings (SSSR count). The summed E-state index contributed by atoms with van der Waals surface area (Å²) in [6.45, 7) is 3.75. The van der Waals surface area contributed by atoms with Crippen LogP contribution in [0.25, 0.3) is 0 Å². The van der Waals surface area contributed by atoms with Crippen LogP contribution in [0.4, 0.5) is 0 Å². The Labute approximate surface area is 177 Å². The van der Waals surface area contributed by atoms with E-state index in [0.29, 0.717) is 25.7 Å². The number of hydrogen-bond donors (Lipinski definition) is 3. The maximum Gasteiger partial charge on any atom is 0.303 e. The Bertz CT molecular complexity index is 821. The Kier molecular flexibility index (Phi) is 8.48. The highest BCUT2D eigenvalue weighted by Gasteiger charge is 2.48. The van der Waals surface area contributed by atoms with Crippen molar-refractivity contribution < 1.29 is 30.3 Å². The molecule has 1 aliphatic heterocycles. The number of aliphatic hydroxyl groups excluding tert-OH is 2. The number of fused-ring (bicyclic) bond motifs is 3. The Morgan fingerprint density at radius 1 is 1.40 bits per heavy atom. The summed E-state index contributed by atoms with van der Waals surface area (Å²) in [6, 6.07) is 6.01. The first kappa shape index (κ1) is 23.9. The van der Waals surface area contributed by atoms with Gasteiger partial charge >= 0.3 is 5.97 Å². The third-order valence-electron chi connectivity index (χ3n) is 6.04. The summed E-state index contributed by atoms with van der Waals surface area (Å²) in [5.41, 5.74) is 2.11. The molecule has 0 bridgehead atoms. The number of carboxylic acids is 1. The minimum atomic E-state index is -0.790. The van der Waals surface area contributed by atoms with E-state index in [1.165, 1.54) is 0 Å². The van der Waals surface area contributed by atoms with E-state index in [2.05, 4.69) is 11.8 Å². The van der Waals surface area contributed by atoms with E-state index in [1.807, 2.05) is 31.2 Å². The van der Waals surface area contributed by atoms with Gasteiger partial charge < -0.3 is 25.5 Å². The Morgan fingerprint density at radius 3 is 2.87 bits per heavy atom. The van der Waals surface area contributed by atoms with Gasteiger partial charge in [0.15, 0.2) is 0 Å². The van der Waals surface area contributed by atoms with Gasteiger partial charge in [0.1, 0.15) is 11.9 Å². The lowest BCUT2D eigenvalue weighted by atomic mass is 9.86. The largest absolute Gasteiger partial charge is 0.489 e. The standard InChI is InChI=1S/C24H30O5.H2O/c1-3-4-7-15(2)19(25)13-12-17-20(26)14-21-23(17)18-10-5-8-16(24(18)29-21)9-6-11-22(27)28;/h5,8,10,12-13,15,17,19-21,23,25-26H,6-7,9,11,14H2,1-2H3,(H,27,28);1H2/b13-12+;. The quantitative estimate of drug-likeness (QED) is 0.444. The predicted molar refractivity (Wildman–Crippen MR) is 114 cm³/mol. The summed E-state index contributed by atoms with van der Waals surface area (Å²) in [5.74, 6) is 5.87. The molecule has 6 unspecified atom stereocenters. The molecule has 1 aromatic carbocycles. The van der Waals surface area contributed by atoms with Crippen molar-refractivity contribution >= 4 is 5.97 Å². The van der Waals surface area contributed by atoms with Gasteiger partial charge in [-0.05, 0) is 31.2 Å². The molecule has 6 heteroatoms. The third kappa shape index (κ3) is 5.23. The van der Waals surface area contributed by atoms with Gasteiger partial charge in [-0.1, -0.05) is 37.3 Å². The first-order valence-electron chi connectivity index (χ1n) is 10.4. The van der Waals surface area contributed by atoms with Crippen LogP contribution in [0.1, 0.15) is 56.6 Å². The van der Waals surface area contributed by atoms with E-state index >= 15 is 0 Å². The van der Waals surface area contributed by atoms with Crippen molar-refractivity contribution in [2.75, 3.05) is 0 Å². The highest BCUT2D eigenvalue weighted by molar-refractivity contribution is 5.66. The van der Waals surface area contributed by atoms with Crippen LogP contribution >= 0.6 is 0 Å². The SMILES string of the molecule is CC#CCC(C)C(O)/C=C/C1C(O)CC2Oc3c(CCCC(=O)O)cccc3C21.O. The normalized spacial score (nSPS) is 26.0. The molecule has 1 saturated carbocycles. The predicted octanol–water partition coefficient (Wildman–Crippen LogP) is 2.46. The van der Waals surface area contributed by atoms with Gasteiger partial charge in [0.2, 0.25) is 0 Å². The molecule has 0 saturated heterocycles. The number of rotatable bonds is 8. The van der Waals surface area contributed by atoms with E-state index in [9.17, 15) is 15.0 Å². The maximum atomic E-state index is 10.8. The smallest absolute Gasteiger partial charge is 0.303 e. The van der Waals surface area contributed by atoms with Crippen molar-refractivity contribution in [3.05, 3.63) is 41.5 Å². The summed E-state index contributed by atoms with van der Waals surface area (Å²) in [5, 5.41) is 29.9. The zero-order valence-electron chi connectivity index (χ0n) is 17.5. The maximum absolute atomic E-state index is 10.8. The molecule has 30 heavy (non-hydrogen) atoms. The number of carbonyl (C=O) groups is 1. The number of hydrogen-bond acceptors (Lipinski definition) is 4. The monoisotopic (exact) mass is 416 g/mol. The second-order valence-electron chi connectivity index (χ2n) is 8.13. The molecule has 0 amide bonds. The Balaban J connectivity index is 0.00000320. The molecule has 0 spiro atoms. The van der Waals surface area contributed by atoms with Gasteiger partial charge in [-0.25, -0.2) is 0 Å². The Hall–Kier alpha value is -2.33. The minimum absolute atomic E-state index is 0. The fraction of sp³-hybridized carbons (Fsp3) is 0.542. The fourth-order valence-electron chi connectivity index (χ4n) is 4.41. The molecule has 2 aliphatic rings. The summed E-state index contributed by atoms with van der Waals surface area (Å²) in [7, 11) is 0. The van der Waals surface area contributed by atoms with Crippen LogP contribution < -0.4 is 4.74 Å². The highest BCUT2D eigenvalue weighted by atomic mass is 16.5. The molecule has 1 fully saturated rings. The molecule has 0 aromatic heterocycles. The lowest BCUT2D eigenvalue weighted by molar-refractivity contribution is -0.137. The van der Waals surface area contributed by atoms with Crippen molar-refractivity contribution in [1.29, 1.82) is 0 Å². The van der Waals surface area contributed by atoms with Gasteiger partial charge in [0.25, 0.3) is 0 Å². The number of benzene rings is 1. The van der Waals surface area contributed by atoms with Gasteiger partial charge in [0.05, 0.1) is 12.2 Å². The molecule has 164 valence electrons. The van der Waals surface area contributed by atoms with Crippen LogP contribution in [0, 0.1) is 23.7 Å². The van der Waals surface area contributed by atoms with E-state index in [0.717, 1.165) is 16.9 Å². The number of aliphatic hydroxyl groups is 2. The fourth-order valence-corrected chi connectivity index (χ4v) is 4.41. The molecule has 1 heterocycles. The zero-order chi connectivity index (χ0) is 21.0. The number of aliphatic carboxylic acids is 1. The highest BCUT2D eigenvalue weighted by Crippen LogP contribution is 2.52. The Morgan fingerprint density at radius 2 is 2.17 bits per heavy atom. The van der Waals surface area contributed by atoms with Crippen molar-refractivity contribution in [2.24, 2.45) is 11.8 Å². The van der Waals surface area contributed by atoms with E-state index in [-0.39, 0.29) is 35.8 Å². The summed E-state index contributed by atoms with van der Waals surface area (Å²) in [6.07, 6.45) is 5.07. The van der Waals surface area contributed by atoms with Gasteiger partial charge in [-0.15, -0.1) is 11.8 Å². The van der Waals surface area contributed by atoms with Crippen molar-refractivity contribution in [3.8, 4) is 17.6 Å². The first-order valence-corrected chi connectivity index (χ1v) is 10.4. The average molecular weight is 417 g/mol.